The second kappa shape index (κ2) is 7.11. The van der Waals surface area contributed by atoms with Gasteiger partial charge in [0.1, 0.15) is 0 Å². The smallest absolute Gasteiger partial charge is 0.269 e. The van der Waals surface area contributed by atoms with Gasteiger partial charge in [-0.2, -0.15) is 0 Å². The first-order valence-corrected chi connectivity index (χ1v) is 7.43. The van der Waals surface area contributed by atoms with E-state index in [1.54, 1.807) is 12.1 Å². The van der Waals surface area contributed by atoms with Crippen LogP contribution in [0, 0.1) is 5.92 Å². The summed E-state index contributed by atoms with van der Waals surface area (Å²) < 4.78 is 0. The van der Waals surface area contributed by atoms with Crippen molar-refractivity contribution in [1.82, 2.24) is 10.9 Å². The molecule has 0 aliphatic heterocycles. The lowest BCUT2D eigenvalue weighted by molar-refractivity contribution is -0.122. The standard InChI is InChI=1S/C16H23N3O2/c1-19(2)14-9-5-8-13(11-14)16(21)18-17-15(20)10-12-6-3-4-7-12/h5,8-9,11-12H,3-4,6-7,10H2,1-2H3,(H,17,20)(H,18,21). The predicted octanol–water partition coefficient (Wildman–Crippen LogP) is 2.09. The monoisotopic (exact) mass is 289 g/mol. The molecule has 0 heterocycles. The van der Waals surface area contributed by atoms with Crippen LogP contribution in [0.15, 0.2) is 24.3 Å². The maximum Gasteiger partial charge on any atom is 0.269 e. The second-order valence-electron chi connectivity index (χ2n) is 5.80. The molecular weight excluding hydrogens is 266 g/mol. The summed E-state index contributed by atoms with van der Waals surface area (Å²) in [5.74, 6) is 0.0662. The molecule has 114 valence electrons. The molecule has 1 aromatic rings. The van der Waals surface area contributed by atoms with Gasteiger partial charge in [-0.05, 0) is 37.0 Å². The third-order valence-corrected chi connectivity index (χ3v) is 3.89. The maximum atomic E-state index is 12.0. The van der Waals surface area contributed by atoms with Crippen LogP contribution in [0.1, 0.15) is 42.5 Å². The van der Waals surface area contributed by atoms with Gasteiger partial charge in [0.2, 0.25) is 5.91 Å². The molecular formula is C16H23N3O2. The van der Waals surface area contributed by atoms with Crippen molar-refractivity contribution in [2.75, 3.05) is 19.0 Å². The molecule has 0 unspecified atom stereocenters. The van der Waals surface area contributed by atoms with Gasteiger partial charge in [-0.15, -0.1) is 0 Å². The van der Waals surface area contributed by atoms with Crippen LogP contribution < -0.4 is 15.8 Å². The first-order valence-electron chi connectivity index (χ1n) is 7.43. The van der Waals surface area contributed by atoms with Crippen molar-refractivity contribution in [1.29, 1.82) is 0 Å². The topological polar surface area (TPSA) is 61.4 Å². The van der Waals surface area contributed by atoms with E-state index in [2.05, 4.69) is 10.9 Å². The summed E-state index contributed by atoms with van der Waals surface area (Å²) in [5, 5.41) is 0. The van der Waals surface area contributed by atoms with E-state index >= 15 is 0 Å². The molecule has 2 amide bonds. The van der Waals surface area contributed by atoms with Crippen LogP contribution in [0.25, 0.3) is 0 Å². The quantitative estimate of drug-likeness (QED) is 0.834. The SMILES string of the molecule is CN(C)c1cccc(C(=O)NNC(=O)CC2CCCC2)c1. The van der Waals surface area contributed by atoms with Crippen LogP contribution in [-0.2, 0) is 4.79 Å². The zero-order chi connectivity index (χ0) is 15.2. The highest BCUT2D eigenvalue weighted by Gasteiger charge is 2.18. The Morgan fingerprint density at radius 3 is 2.57 bits per heavy atom. The second-order valence-corrected chi connectivity index (χ2v) is 5.80. The number of rotatable bonds is 4. The molecule has 21 heavy (non-hydrogen) atoms. The predicted molar refractivity (Wildman–Crippen MR) is 83.0 cm³/mol. The number of hydrogen-bond donors (Lipinski definition) is 2. The Labute approximate surface area is 125 Å². The molecule has 0 radical (unpaired) electrons. The summed E-state index contributed by atoms with van der Waals surface area (Å²) >= 11 is 0. The molecule has 1 aliphatic rings. The van der Waals surface area contributed by atoms with E-state index in [4.69, 9.17) is 0 Å². The van der Waals surface area contributed by atoms with Gasteiger partial charge in [0, 0.05) is 31.8 Å². The van der Waals surface area contributed by atoms with Gasteiger partial charge >= 0.3 is 0 Å². The van der Waals surface area contributed by atoms with Crippen molar-refractivity contribution < 1.29 is 9.59 Å². The van der Waals surface area contributed by atoms with Crippen LogP contribution in [0.3, 0.4) is 0 Å². The van der Waals surface area contributed by atoms with Gasteiger partial charge in [0.05, 0.1) is 0 Å². The molecule has 1 saturated carbocycles. The van der Waals surface area contributed by atoms with Gasteiger partial charge in [0.25, 0.3) is 5.91 Å². The van der Waals surface area contributed by atoms with E-state index in [1.807, 2.05) is 31.1 Å². The van der Waals surface area contributed by atoms with E-state index in [0.717, 1.165) is 18.5 Å². The Bertz CT molecular complexity index is 508. The lowest BCUT2D eigenvalue weighted by Gasteiger charge is -2.14. The van der Waals surface area contributed by atoms with E-state index < -0.39 is 0 Å². The Kier molecular flexibility index (Phi) is 5.20. The van der Waals surface area contributed by atoms with Gasteiger partial charge in [-0.25, -0.2) is 0 Å². The highest BCUT2D eigenvalue weighted by atomic mass is 16.2. The molecule has 2 N–H and O–H groups in total. The molecule has 5 nitrogen and oxygen atoms in total. The van der Waals surface area contributed by atoms with E-state index in [9.17, 15) is 9.59 Å². The highest BCUT2D eigenvalue weighted by molar-refractivity contribution is 5.96. The Morgan fingerprint density at radius 2 is 1.90 bits per heavy atom. The largest absolute Gasteiger partial charge is 0.378 e. The molecule has 1 fully saturated rings. The van der Waals surface area contributed by atoms with Gasteiger partial charge in [-0.1, -0.05) is 18.9 Å². The van der Waals surface area contributed by atoms with Crippen LogP contribution in [0.2, 0.25) is 0 Å². The number of benzene rings is 1. The van der Waals surface area contributed by atoms with Crippen molar-refractivity contribution in [3.05, 3.63) is 29.8 Å². The zero-order valence-corrected chi connectivity index (χ0v) is 12.7. The Morgan fingerprint density at radius 1 is 1.19 bits per heavy atom. The number of carbonyl (C=O) groups excluding carboxylic acids is 2. The molecule has 0 bridgehead atoms. The summed E-state index contributed by atoms with van der Waals surface area (Å²) in [5.41, 5.74) is 6.46. The molecule has 0 spiro atoms. The van der Waals surface area contributed by atoms with Crippen molar-refractivity contribution in [2.45, 2.75) is 32.1 Å². The van der Waals surface area contributed by atoms with Crippen molar-refractivity contribution >= 4 is 17.5 Å². The number of carbonyl (C=O) groups is 2. The fourth-order valence-electron chi connectivity index (χ4n) is 2.65. The number of anilines is 1. The summed E-state index contributed by atoms with van der Waals surface area (Å²) in [6.07, 6.45) is 5.15. The lowest BCUT2D eigenvalue weighted by Crippen LogP contribution is -2.42. The van der Waals surface area contributed by atoms with Crippen LogP contribution in [0.4, 0.5) is 5.69 Å². The fraction of sp³-hybridized carbons (Fsp3) is 0.500. The van der Waals surface area contributed by atoms with E-state index in [-0.39, 0.29) is 11.8 Å². The molecule has 5 heteroatoms. The Hall–Kier alpha value is -2.04. The molecule has 1 aromatic carbocycles. The first-order chi connectivity index (χ1) is 10.1. The lowest BCUT2D eigenvalue weighted by atomic mass is 10.0. The number of nitrogens with one attached hydrogen (secondary N) is 2. The van der Waals surface area contributed by atoms with Gasteiger partial charge in [0.15, 0.2) is 0 Å². The molecule has 0 saturated heterocycles. The molecule has 0 atom stereocenters. The van der Waals surface area contributed by atoms with Crippen molar-refractivity contribution in [3.63, 3.8) is 0 Å². The zero-order valence-electron chi connectivity index (χ0n) is 12.7. The summed E-state index contributed by atoms with van der Waals surface area (Å²) in [6, 6.07) is 7.27. The van der Waals surface area contributed by atoms with Crippen molar-refractivity contribution in [2.24, 2.45) is 5.92 Å². The maximum absolute atomic E-state index is 12.0. The number of hydrogen-bond acceptors (Lipinski definition) is 3. The third kappa shape index (κ3) is 4.48. The minimum atomic E-state index is -0.293. The highest BCUT2D eigenvalue weighted by Crippen LogP contribution is 2.27. The number of amides is 2. The van der Waals surface area contributed by atoms with Crippen LogP contribution >= 0.6 is 0 Å². The van der Waals surface area contributed by atoms with Gasteiger partial charge in [-0.3, -0.25) is 20.4 Å². The summed E-state index contributed by atoms with van der Waals surface area (Å²) in [6.45, 7) is 0. The average molecular weight is 289 g/mol. The minimum Gasteiger partial charge on any atom is -0.378 e. The summed E-state index contributed by atoms with van der Waals surface area (Å²) in [7, 11) is 3.83. The molecule has 1 aliphatic carbocycles. The minimum absolute atomic E-state index is 0.112. The molecule has 2 rings (SSSR count). The average Bonchev–Trinajstić information content (AvgIpc) is 2.97. The van der Waals surface area contributed by atoms with Crippen molar-refractivity contribution in [3.8, 4) is 0 Å². The van der Waals surface area contributed by atoms with Crippen LogP contribution in [0.5, 0.6) is 0 Å². The first kappa shape index (κ1) is 15.4. The van der Waals surface area contributed by atoms with Gasteiger partial charge < -0.3 is 4.90 Å². The number of nitrogens with zero attached hydrogens (tertiary/aromatic N) is 1. The third-order valence-electron chi connectivity index (χ3n) is 3.89. The summed E-state index contributed by atoms with van der Waals surface area (Å²) in [4.78, 5) is 25.7. The fourth-order valence-corrected chi connectivity index (χ4v) is 2.65. The van der Waals surface area contributed by atoms with Crippen LogP contribution in [-0.4, -0.2) is 25.9 Å². The van der Waals surface area contributed by atoms with E-state index in [1.165, 1.54) is 12.8 Å². The normalized spacial score (nSPS) is 14.8. The Balaban J connectivity index is 1.83. The molecule has 0 aromatic heterocycles. The van der Waals surface area contributed by atoms with E-state index in [0.29, 0.717) is 17.9 Å². The number of hydrazine groups is 1.